The van der Waals surface area contributed by atoms with Gasteiger partial charge in [0.15, 0.2) is 0 Å². The second kappa shape index (κ2) is 6.79. The number of benzene rings is 1. The van der Waals surface area contributed by atoms with Crippen LogP contribution in [0, 0.1) is 4.51 Å². The number of hydrogen-bond donors (Lipinski definition) is 1. The molecule has 0 bridgehead atoms. The molecule has 4 heteroatoms. The molecule has 0 aliphatic carbocycles. The van der Waals surface area contributed by atoms with Gasteiger partial charge < -0.3 is 4.98 Å². The van der Waals surface area contributed by atoms with Crippen molar-refractivity contribution in [2.45, 2.75) is 0 Å². The highest BCUT2D eigenvalue weighted by molar-refractivity contribution is 7.71. The monoisotopic (exact) mass is 341 g/mol. The molecule has 0 saturated carbocycles. The first kappa shape index (κ1) is 15.4. The molecule has 1 N–H and O–H groups in total. The Hall–Kier alpha value is -3.11. The zero-order valence-electron chi connectivity index (χ0n) is 13.4. The van der Waals surface area contributed by atoms with E-state index < -0.39 is 0 Å². The van der Waals surface area contributed by atoms with Crippen LogP contribution in [0.25, 0.3) is 33.8 Å². The molecular weight excluding hydrogens is 326 g/mol. The summed E-state index contributed by atoms with van der Waals surface area (Å²) in [5.41, 5.74) is 5.68. The lowest BCUT2D eigenvalue weighted by Gasteiger charge is -2.13. The van der Waals surface area contributed by atoms with Crippen LogP contribution >= 0.6 is 12.2 Å². The Balaban J connectivity index is 2.00. The van der Waals surface area contributed by atoms with E-state index in [2.05, 4.69) is 27.1 Å². The number of pyridine rings is 3. The van der Waals surface area contributed by atoms with Gasteiger partial charge in [0.2, 0.25) is 0 Å². The van der Waals surface area contributed by atoms with E-state index in [0.29, 0.717) is 0 Å². The Bertz CT molecular complexity index is 1060. The maximum atomic E-state index is 5.63. The lowest BCUT2D eigenvalue weighted by Crippen LogP contribution is -1.95. The topological polar surface area (TPSA) is 41.6 Å². The normalized spacial score (nSPS) is 10.6. The predicted octanol–water partition coefficient (Wildman–Crippen LogP) is 5.54. The fraction of sp³-hybridized carbons (Fsp3) is 0. The van der Waals surface area contributed by atoms with Crippen molar-refractivity contribution in [3.8, 4) is 33.8 Å². The highest BCUT2D eigenvalue weighted by atomic mass is 32.1. The first-order valence-electron chi connectivity index (χ1n) is 7.98. The molecule has 3 aromatic heterocycles. The molecule has 25 heavy (non-hydrogen) atoms. The first-order chi connectivity index (χ1) is 12.3. The minimum Gasteiger partial charge on any atom is -0.361 e. The maximum Gasteiger partial charge on any atom is 0.0979 e. The van der Waals surface area contributed by atoms with Crippen LogP contribution < -0.4 is 0 Å². The van der Waals surface area contributed by atoms with Crippen molar-refractivity contribution < 1.29 is 0 Å². The van der Waals surface area contributed by atoms with Gasteiger partial charge in [0.1, 0.15) is 0 Å². The number of H-pyrrole nitrogens is 1. The summed E-state index contributed by atoms with van der Waals surface area (Å²) >= 11 is 5.63. The van der Waals surface area contributed by atoms with Gasteiger partial charge in [0, 0.05) is 34.2 Å². The Labute approximate surface area is 151 Å². The molecule has 0 saturated heterocycles. The molecule has 4 aromatic rings. The highest BCUT2D eigenvalue weighted by Crippen LogP contribution is 2.35. The van der Waals surface area contributed by atoms with Gasteiger partial charge in [-0.3, -0.25) is 9.97 Å². The molecule has 0 aliphatic rings. The van der Waals surface area contributed by atoms with Crippen molar-refractivity contribution in [3.63, 3.8) is 0 Å². The van der Waals surface area contributed by atoms with Crippen LogP contribution in [-0.4, -0.2) is 15.0 Å². The van der Waals surface area contributed by atoms with Gasteiger partial charge in [0.25, 0.3) is 0 Å². The fourth-order valence-electron chi connectivity index (χ4n) is 2.90. The largest absolute Gasteiger partial charge is 0.361 e. The van der Waals surface area contributed by atoms with Gasteiger partial charge in [0.05, 0.1) is 17.1 Å². The molecule has 0 aliphatic heterocycles. The molecule has 1 aromatic carbocycles. The van der Waals surface area contributed by atoms with Crippen LogP contribution in [0.3, 0.4) is 0 Å². The lowest BCUT2D eigenvalue weighted by molar-refractivity contribution is 1.23. The quantitative estimate of drug-likeness (QED) is 0.498. The van der Waals surface area contributed by atoms with Crippen molar-refractivity contribution in [3.05, 3.63) is 89.8 Å². The van der Waals surface area contributed by atoms with Crippen LogP contribution in [0.15, 0.2) is 85.3 Å². The van der Waals surface area contributed by atoms with E-state index in [1.165, 1.54) is 0 Å². The number of hydrogen-bond acceptors (Lipinski definition) is 3. The van der Waals surface area contributed by atoms with Crippen molar-refractivity contribution in [2.75, 3.05) is 0 Å². The Morgan fingerprint density at radius 3 is 2.36 bits per heavy atom. The van der Waals surface area contributed by atoms with Crippen LogP contribution in [0.4, 0.5) is 0 Å². The van der Waals surface area contributed by atoms with Crippen LogP contribution in [0.5, 0.6) is 0 Å². The van der Waals surface area contributed by atoms with Crippen LogP contribution in [-0.2, 0) is 0 Å². The zero-order chi connectivity index (χ0) is 17.1. The average molecular weight is 341 g/mol. The maximum absolute atomic E-state index is 5.63. The molecule has 0 spiro atoms. The number of nitrogens with zero attached hydrogens (tertiary/aromatic N) is 2. The second-order valence-electron chi connectivity index (χ2n) is 5.57. The molecule has 120 valence electrons. The Kier molecular flexibility index (Phi) is 4.19. The minimum atomic E-state index is 0.802. The van der Waals surface area contributed by atoms with E-state index in [0.717, 1.165) is 38.3 Å². The van der Waals surface area contributed by atoms with Gasteiger partial charge in [-0.25, -0.2) is 0 Å². The lowest BCUT2D eigenvalue weighted by atomic mass is 9.97. The second-order valence-corrected chi connectivity index (χ2v) is 6.01. The molecular formula is C21H15N3S. The van der Waals surface area contributed by atoms with Gasteiger partial charge >= 0.3 is 0 Å². The smallest absolute Gasteiger partial charge is 0.0979 e. The number of nitrogens with one attached hydrogen (secondary N) is 1. The third kappa shape index (κ3) is 2.99. The van der Waals surface area contributed by atoms with Crippen LogP contribution in [0.2, 0.25) is 0 Å². The standard InChI is InChI=1S/C21H15N3S/c25-18-11-14-24-21(19(18)15-7-2-1-3-8-15)16-9-6-13-23-20(16)17-10-4-5-12-22-17/h1-14H,(H,24,25). The average Bonchev–Trinajstić information content (AvgIpc) is 2.69. The van der Waals surface area contributed by atoms with Crippen molar-refractivity contribution in [1.82, 2.24) is 15.0 Å². The van der Waals surface area contributed by atoms with Gasteiger partial charge in [-0.15, -0.1) is 0 Å². The van der Waals surface area contributed by atoms with E-state index in [1.54, 1.807) is 12.4 Å². The molecule has 0 amide bonds. The van der Waals surface area contributed by atoms with Gasteiger partial charge in [-0.1, -0.05) is 48.6 Å². The SMILES string of the molecule is S=c1cc[nH]c(-c2cccnc2-c2ccccn2)c1-c1ccccc1. The molecule has 4 rings (SSSR count). The number of aromatic nitrogens is 3. The summed E-state index contributed by atoms with van der Waals surface area (Å²) in [5, 5.41) is 0. The summed E-state index contributed by atoms with van der Waals surface area (Å²) in [6.45, 7) is 0. The summed E-state index contributed by atoms with van der Waals surface area (Å²) < 4.78 is 0.802. The summed E-state index contributed by atoms with van der Waals surface area (Å²) in [5.74, 6) is 0. The van der Waals surface area contributed by atoms with Crippen molar-refractivity contribution >= 4 is 12.2 Å². The zero-order valence-corrected chi connectivity index (χ0v) is 14.2. The molecule has 0 radical (unpaired) electrons. The minimum absolute atomic E-state index is 0.802. The van der Waals surface area contributed by atoms with Gasteiger partial charge in [-0.2, -0.15) is 0 Å². The fourth-order valence-corrected chi connectivity index (χ4v) is 3.19. The van der Waals surface area contributed by atoms with E-state index in [-0.39, 0.29) is 0 Å². The van der Waals surface area contributed by atoms with E-state index in [4.69, 9.17) is 12.2 Å². The van der Waals surface area contributed by atoms with Gasteiger partial charge in [-0.05, 0) is 35.9 Å². The molecule has 0 fully saturated rings. The molecule has 0 atom stereocenters. The van der Waals surface area contributed by atoms with E-state index in [9.17, 15) is 0 Å². The third-order valence-electron chi connectivity index (χ3n) is 4.01. The third-order valence-corrected chi connectivity index (χ3v) is 4.35. The summed E-state index contributed by atoms with van der Waals surface area (Å²) in [7, 11) is 0. The predicted molar refractivity (Wildman–Crippen MR) is 104 cm³/mol. The Morgan fingerprint density at radius 1 is 0.760 bits per heavy atom. The molecule has 3 heterocycles. The van der Waals surface area contributed by atoms with E-state index >= 15 is 0 Å². The molecule has 0 unspecified atom stereocenters. The van der Waals surface area contributed by atoms with Crippen molar-refractivity contribution in [2.24, 2.45) is 0 Å². The number of aromatic amines is 1. The summed E-state index contributed by atoms with van der Waals surface area (Å²) in [6.07, 6.45) is 5.44. The number of rotatable bonds is 3. The molecule has 3 nitrogen and oxygen atoms in total. The van der Waals surface area contributed by atoms with Crippen LogP contribution in [0.1, 0.15) is 0 Å². The summed E-state index contributed by atoms with van der Waals surface area (Å²) in [4.78, 5) is 12.4. The Morgan fingerprint density at radius 2 is 1.56 bits per heavy atom. The first-order valence-corrected chi connectivity index (χ1v) is 8.39. The van der Waals surface area contributed by atoms with Crippen molar-refractivity contribution in [1.29, 1.82) is 0 Å². The highest BCUT2D eigenvalue weighted by Gasteiger charge is 2.15. The summed E-state index contributed by atoms with van der Waals surface area (Å²) in [6, 6.07) is 21.9. The van der Waals surface area contributed by atoms with E-state index in [1.807, 2.05) is 60.8 Å².